The molecule has 1 saturated heterocycles. The van der Waals surface area contributed by atoms with Crippen molar-refractivity contribution in [2.24, 2.45) is 5.92 Å². The van der Waals surface area contributed by atoms with Crippen LogP contribution in [0.1, 0.15) is 12.8 Å². The molecule has 1 aliphatic heterocycles. The van der Waals surface area contributed by atoms with Gasteiger partial charge in [-0.15, -0.1) is 11.8 Å². The minimum Gasteiger partial charge on any atom is -0.393 e. The van der Waals surface area contributed by atoms with Gasteiger partial charge in [-0.2, -0.15) is 0 Å². The summed E-state index contributed by atoms with van der Waals surface area (Å²) in [6.07, 6.45) is 1.23. The summed E-state index contributed by atoms with van der Waals surface area (Å²) in [6.45, 7) is 0.509. The molecule has 5 heteroatoms. The Balaban J connectivity index is 1.88. The number of rotatable bonds is 2. The van der Waals surface area contributed by atoms with E-state index in [0.717, 1.165) is 12.8 Å². The van der Waals surface area contributed by atoms with Crippen molar-refractivity contribution in [3.8, 4) is 0 Å². The van der Waals surface area contributed by atoms with Gasteiger partial charge in [-0.3, -0.25) is 14.5 Å². The lowest BCUT2D eigenvalue weighted by Gasteiger charge is -2.36. The first-order valence-corrected chi connectivity index (χ1v) is 5.91. The maximum atomic E-state index is 11.4. The van der Waals surface area contributed by atoms with E-state index in [1.54, 1.807) is 0 Å². The zero-order chi connectivity index (χ0) is 10.1. The molecule has 1 aliphatic carbocycles. The van der Waals surface area contributed by atoms with Gasteiger partial charge in [-0.25, -0.2) is 0 Å². The molecule has 0 aromatic heterocycles. The fourth-order valence-electron chi connectivity index (χ4n) is 1.83. The summed E-state index contributed by atoms with van der Waals surface area (Å²) in [5.74, 6) is 1.00. The minimum absolute atomic E-state index is 0.0763. The highest BCUT2D eigenvalue weighted by Gasteiger charge is 2.34. The molecule has 0 aromatic carbocycles. The van der Waals surface area contributed by atoms with Crippen molar-refractivity contribution >= 4 is 23.6 Å². The Morgan fingerprint density at radius 3 is 2.36 bits per heavy atom. The number of imide groups is 1. The number of carbonyl (C=O) groups excluding carboxylic acids is 2. The summed E-state index contributed by atoms with van der Waals surface area (Å²) in [5.41, 5.74) is 0. The summed E-state index contributed by atoms with van der Waals surface area (Å²) in [6, 6.07) is 0. The maximum absolute atomic E-state index is 11.4. The highest BCUT2D eigenvalue weighted by Crippen LogP contribution is 2.28. The van der Waals surface area contributed by atoms with Crippen LogP contribution in [0.15, 0.2) is 0 Å². The quantitative estimate of drug-likeness (QED) is 0.651. The molecule has 4 nitrogen and oxygen atoms in total. The molecule has 14 heavy (non-hydrogen) atoms. The van der Waals surface area contributed by atoms with E-state index >= 15 is 0 Å². The van der Waals surface area contributed by atoms with Crippen LogP contribution in [0.4, 0.5) is 0 Å². The average Bonchev–Trinajstić information content (AvgIpc) is 2.08. The molecular formula is C9H13NO3S. The summed E-state index contributed by atoms with van der Waals surface area (Å²) in [5, 5.41) is 9.09. The third-order valence-electron chi connectivity index (χ3n) is 2.70. The maximum Gasteiger partial charge on any atom is 0.239 e. The molecule has 0 unspecified atom stereocenters. The van der Waals surface area contributed by atoms with Crippen molar-refractivity contribution in [2.75, 3.05) is 18.1 Å². The number of aliphatic hydroxyl groups excluding tert-OH is 1. The molecule has 0 aromatic rings. The summed E-state index contributed by atoms with van der Waals surface area (Å²) in [7, 11) is 0. The third-order valence-corrected chi connectivity index (χ3v) is 3.61. The second-order valence-corrected chi connectivity index (χ2v) is 4.87. The first-order valence-electron chi connectivity index (χ1n) is 4.76. The van der Waals surface area contributed by atoms with E-state index in [9.17, 15) is 9.59 Å². The van der Waals surface area contributed by atoms with Gasteiger partial charge in [0.1, 0.15) is 0 Å². The molecule has 1 saturated carbocycles. The Morgan fingerprint density at radius 1 is 1.29 bits per heavy atom. The smallest absolute Gasteiger partial charge is 0.239 e. The molecule has 0 radical (unpaired) electrons. The lowest BCUT2D eigenvalue weighted by Crippen LogP contribution is -2.48. The van der Waals surface area contributed by atoms with Crippen molar-refractivity contribution in [2.45, 2.75) is 18.9 Å². The van der Waals surface area contributed by atoms with E-state index in [2.05, 4.69) is 0 Å². The minimum atomic E-state index is -0.218. The zero-order valence-corrected chi connectivity index (χ0v) is 8.63. The van der Waals surface area contributed by atoms with Crippen LogP contribution in [-0.4, -0.2) is 46.0 Å². The van der Waals surface area contributed by atoms with Crippen LogP contribution >= 0.6 is 11.8 Å². The van der Waals surface area contributed by atoms with E-state index in [0.29, 0.717) is 24.0 Å². The van der Waals surface area contributed by atoms with Gasteiger partial charge in [0.2, 0.25) is 11.8 Å². The molecule has 2 amide bonds. The van der Waals surface area contributed by atoms with E-state index in [1.165, 1.54) is 16.7 Å². The molecular weight excluding hydrogens is 202 g/mol. The lowest BCUT2D eigenvalue weighted by atomic mass is 9.82. The van der Waals surface area contributed by atoms with Crippen LogP contribution in [0.3, 0.4) is 0 Å². The van der Waals surface area contributed by atoms with Crippen LogP contribution in [0.5, 0.6) is 0 Å². The van der Waals surface area contributed by atoms with Crippen molar-refractivity contribution in [3.63, 3.8) is 0 Å². The standard InChI is InChI=1S/C9H13NO3S/c11-7-1-6(2-7)3-10-8(12)4-14-5-9(10)13/h6-7,11H,1-5H2. The number of hydrogen-bond donors (Lipinski definition) is 1. The van der Waals surface area contributed by atoms with Gasteiger partial charge in [0.05, 0.1) is 17.6 Å². The van der Waals surface area contributed by atoms with E-state index < -0.39 is 0 Å². The Labute approximate surface area is 86.6 Å². The van der Waals surface area contributed by atoms with Gasteiger partial charge in [0.15, 0.2) is 0 Å². The zero-order valence-electron chi connectivity index (χ0n) is 7.81. The highest BCUT2D eigenvalue weighted by atomic mass is 32.2. The lowest BCUT2D eigenvalue weighted by molar-refractivity contribution is -0.144. The van der Waals surface area contributed by atoms with E-state index in [4.69, 9.17) is 5.11 Å². The monoisotopic (exact) mass is 215 g/mol. The predicted octanol–water partition coefficient (Wildman–Crippen LogP) is -0.141. The number of nitrogens with zero attached hydrogens (tertiary/aromatic N) is 1. The van der Waals surface area contributed by atoms with Crippen LogP contribution in [0.25, 0.3) is 0 Å². The third kappa shape index (κ3) is 1.93. The van der Waals surface area contributed by atoms with Crippen LogP contribution in [0, 0.1) is 5.92 Å². The number of carbonyl (C=O) groups is 2. The van der Waals surface area contributed by atoms with Crippen molar-refractivity contribution < 1.29 is 14.7 Å². The Hall–Kier alpha value is -0.550. The summed E-state index contributed by atoms with van der Waals surface area (Å²) in [4.78, 5) is 24.1. The number of aliphatic hydroxyl groups is 1. The molecule has 0 spiro atoms. The molecule has 0 atom stereocenters. The van der Waals surface area contributed by atoms with E-state index in [1.807, 2.05) is 0 Å². The molecule has 1 N–H and O–H groups in total. The first kappa shape index (κ1) is 9.98. The second kappa shape index (κ2) is 3.90. The molecule has 2 rings (SSSR count). The normalized spacial score (nSPS) is 33.1. The van der Waals surface area contributed by atoms with Gasteiger partial charge in [-0.1, -0.05) is 0 Å². The Bertz CT molecular complexity index is 247. The van der Waals surface area contributed by atoms with Gasteiger partial charge < -0.3 is 5.11 Å². The predicted molar refractivity (Wildman–Crippen MR) is 52.8 cm³/mol. The topological polar surface area (TPSA) is 57.6 Å². The second-order valence-electron chi connectivity index (χ2n) is 3.88. The van der Waals surface area contributed by atoms with Crippen molar-refractivity contribution in [1.29, 1.82) is 0 Å². The average molecular weight is 215 g/mol. The van der Waals surface area contributed by atoms with Gasteiger partial charge in [-0.05, 0) is 18.8 Å². The largest absolute Gasteiger partial charge is 0.393 e. The fraction of sp³-hybridized carbons (Fsp3) is 0.778. The Morgan fingerprint density at radius 2 is 1.86 bits per heavy atom. The SMILES string of the molecule is O=C1CSCC(=O)N1CC1CC(O)C1. The highest BCUT2D eigenvalue weighted by molar-refractivity contribution is 8.00. The van der Waals surface area contributed by atoms with Crippen molar-refractivity contribution in [1.82, 2.24) is 4.90 Å². The van der Waals surface area contributed by atoms with Crippen LogP contribution in [-0.2, 0) is 9.59 Å². The molecule has 1 heterocycles. The number of hydrogen-bond acceptors (Lipinski definition) is 4. The fourth-order valence-corrected chi connectivity index (χ4v) is 2.59. The molecule has 2 fully saturated rings. The summed E-state index contributed by atoms with van der Waals surface area (Å²) < 4.78 is 0. The van der Waals surface area contributed by atoms with Crippen LogP contribution < -0.4 is 0 Å². The van der Waals surface area contributed by atoms with Gasteiger partial charge in [0.25, 0.3) is 0 Å². The number of thioether (sulfide) groups is 1. The molecule has 78 valence electrons. The summed E-state index contributed by atoms with van der Waals surface area (Å²) >= 11 is 1.38. The Kier molecular flexibility index (Phi) is 2.78. The van der Waals surface area contributed by atoms with E-state index in [-0.39, 0.29) is 17.9 Å². The first-order chi connectivity index (χ1) is 6.66. The van der Waals surface area contributed by atoms with Crippen molar-refractivity contribution in [3.05, 3.63) is 0 Å². The van der Waals surface area contributed by atoms with Gasteiger partial charge in [0, 0.05) is 6.54 Å². The molecule has 2 aliphatic rings. The van der Waals surface area contributed by atoms with Gasteiger partial charge >= 0.3 is 0 Å². The number of amides is 2. The molecule has 0 bridgehead atoms. The van der Waals surface area contributed by atoms with Crippen LogP contribution in [0.2, 0.25) is 0 Å².